The third kappa shape index (κ3) is 5.57. The molecule has 1 aromatic carbocycles. The third-order valence-corrected chi connectivity index (χ3v) is 5.03. The minimum absolute atomic E-state index is 0.286. The highest BCUT2D eigenvalue weighted by molar-refractivity contribution is 5.77. The van der Waals surface area contributed by atoms with Gasteiger partial charge in [-0.1, -0.05) is 0 Å². The van der Waals surface area contributed by atoms with Crippen LogP contribution in [0.25, 0.3) is 0 Å². The first kappa shape index (κ1) is 24.8. The average molecular weight is 489 g/mol. The maximum atomic E-state index is 13.8. The van der Waals surface area contributed by atoms with Crippen LogP contribution in [0, 0.1) is 17.5 Å². The van der Waals surface area contributed by atoms with E-state index in [2.05, 4.69) is 10.2 Å². The molecule has 1 amide bonds. The van der Waals surface area contributed by atoms with E-state index in [0.29, 0.717) is 15.5 Å². The van der Waals surface area contributed by atoms with Gasteiger partial charge in [-0.25, -0.2) is 13.2 Å². The lowest BCUT2D eigenvalue weighted by Gasteiger charge is -2.36. The van der Waals surface area contributed by atoms with Crippen molar-refractivity contribution in [1.29, 1.82) is 0 Å². The molecule has 182 valence electrons. The van der Waals surface area contributed by atoms with Crippen molar-refractivity contribution in [2.45, 2.75) is 50.2 Å². The molecule has 0 fully saturated rings. The normalized spacial score (nSPS) is 17.8. The summed E-state index contributed by atoms with van der Waals surface area (Å²) < 4.78 is 119. The summed E-state index contributed by atoms with van der Waals surface area (Å²) in [4.78, 5) is 13.4. The number of alkyl halides is 6. The topological polar surface area (TPSA) is 77.0 Å². The Kier molecular flexibility index (Phi) is 6.64. The fraction of sp³-hybridized carbons (Fsp3) is 0.500. The number of halogens is 9. The molecule has 0 bridgehead atoms. The van der Waals surface area contributed by atoms with Gasteiger partial charge < -0.3 is 15.2 Å². The van der Waals surface area contributed by atoms with Crippen LogP contribution in [-0.2, 0) is 23.9 Å². The fourth-order valence-electron chi connectivity index (χ4n) is 3.63. The Morgan fingerprint density at radius 2 is 1.67 bits per heavy atom. The standard InChI is InChI=1S/C18H16F9N5O/c19-10-6-12(21)11(20)4-8(10)3-9(28)5-14(33)31-1-2-32-15(13(31)7-17(22,23)24)29-30-16(32)18(25,26)27/h4,6,9,13H,1-3,5,7,28H2/t9-,13-/m1/s1. The second kappa shape index (κ2) is 8.83. The third-order valence-electron chi connectivity index (χ3n) is 5.03. The first-order valence-electron chi connectivity index (χ1n) is 9.43. The van der Waals surface area contributed by atoms with Crippen LogP contribution in [0.3, 0.4) is 0 Å². The number of benzene rings is 1. The van der Waals surface area contributed by atoms with Gasteiger partial charge in [0.25, 0.3) is 0 Å². The molecular formula is C18H16F9N5O. The zero-order chi connectivity index (χ0) is 24.7. The number of amides is 1. The molecule has 15 heteroatoms. The van der Waals surface area contributed by atoms with Crippen molar-refractivity contribution >= 4 is 5.91 Å². The van der Waals surface area contributed by atoms with E-state index >= 15 is 0 Å². The van der Waals surface area contributed by atoms with Gasteiger partial charge in [0.15, 0.2) is 17.5 Å². The molecule has 0 unspecified atom stereocenters. The Morgan fingerprint density at radius 3 is 2.27 bits per heavy atom. The van der Waals surface area contributed by atoms with Crippen LogP contribution in [0.15, 0.2) is 12.1 Å². The van der Waals surface area contributed by atoms with Crippen molar-refractivity contribution in [3.8, 4) is 0 Å². The number of nitrogens with zero attached hydrogens (tertiary/aromatic N) is 4. The molecule has 0 saturated heterocycles. The minimum Gasteiger partial charge on any atom is -0.330 e. The van der Waals surface area contributed by atoms with Gasteiger partial charge in [0.2, 0.25) is 11.7 Å². The second-order valence-electron chi connectivity index (χ2n) is 7.48. The first-order valence-corrected chi connectivity index (χ1v) is 9.43. The lowest BCUT2D eigenvalue weighted by molar-refractivity contribution is -0.159. The number of hydrogen-bond acceptors (Lipinski definition) is 4. The van der Waals surface area contributed by atoms with Gasteiger partial charge in [0.05, 0.1) is 6.42 Å². The molecule has 33 heavy (non-hydrogen) atoms. The van der Waals surface area contributed by atoms with E-state index in [4.69, 9.17) is 5.73 Å². The quantitative estimate of drug-likeness (QED) is 0.515. The van der Waals surface area contributed by atoms with Crippen LogP contribution in [0.2, 0.25) is 0 Å². The van der Waals surface area contributed by atoms with Crippen molar-refractivity contribution in [3.63, 3.8) is 0 Å². The molecular weight excluding hydrogens is 473 g/mol. The lowest BCUT2D eigenvalue weighted by atomic mass is 10.0. The molecule has 3 rings (SSSR count). The monoisotopic (exact) mass is 489 g/mol. The number of aromatic nitrogens is 3. The average Bonchev–Trinajstić information content (AvgIpc) is 3.10. The second-order valence-corrected chi connectivity index (χ2v) is 7.48. The zero-order valence-corrected chi connectivity index (χ0v) is 16.5. The number of fused-ring (bicyclic) bond motifs is 1. The molecule has 0 radical (unpaired) electrons. The Morgan fingerprint density at radius 1 is 1.03 bits per heavy atom. The predicted octanol–water partition coefficient (Wildman–Crippen LogP) is 3.51. The predicted molar refractivity (Wildman–Crippen MR) is 92.8 cm³/mol. The maximum absolute atomic E-state index is 13.8. The van der Waals surface area contributed by atoms with Gasteiger partial charge >= 0.3 is 12.4 Å². The molecule has 0 aliphatic carbocycles. The van der Waals surface area contributed by atoms with Gasteiger partial charge in [-0.3, -0.25) is 4.79 Å². The summed E-state index contributed by atoms with van der Waals surface area (Å²) in [6.45, 7) is -1.02. The van der Waals surface area contributed by atoms with Gasteiger partial charge in [0, 0.05) is 31.6 Å². The van der Waals surface area contributed by atoms with Crippen LogP contribution in [-0.4, -0.2) is 44.3 Å². The molecule has 1 aromatic heterocycles. The molecule has 0 saturated carbocycles. The first-order chi connectivity index (χ1) is 15.2. The Bertz CT molecular complexity index is 1030. The molecule has 2 atom stereocenters. The molecule has 0 spiro atoms. The van der Waals surface area contributed by atoms with Crippen LogP contribution in [0.5, 0.6) is 0 Å². The Labute approximate surface area is 180 Å². The van der Waals surface area contributed by atoms with Crippen LogP contribution in [0.1, 0.15) is 36.1 Å². The van der Waals surface area contributed by atoms with Crippen LogP contribution >= 0.6 is 0 Å². The van der Waals surface area contributed by atoms with Crippen molar-refractivity contribution < 1.29 is 44.3 Å². The largest absolute Gasteiger partial charge is 0.451 e. The number of carbonyl (C=O) groups is 1. The molecule has 1 aliphatic heterocycles. The minimum atomic E-state index is -4.96. The molecule has 2 heterocycles. The summed E-state index contributed by atoms with van der Waals surface area (Å²) in [5.74, 6) is -7.04. The number of hydrogen-bond donors (Lipinski definition) is 1. The van der Waals surface area contributed by atoms with E-state index in [1.165, 1.54) is 0 Å². The number of rotatable bonds is 5. The summed E-state index contributed by atoms with van der Waals surface area (Å²) in [7, 11) is 0. The van der Waals surface area contributed by atoms with Crippen LogP contribution < -0.4 is 5.73 Å². The van der Waals surface area contributed by atoms with E-state index in [0.717, 1.165) is 0 Å². The highest BCUT2D eigenvalue weighted by Crippen LogP contribution is 2.38. The van der Waals surface area contributed by atoms with Gasteiger partial charge in [0.1, 0.15) is 11.9 Å². The van der Waals surface area contributed by atoms with Crippen molar-refractivity contribution in [3.05, 3.63) is 46.8 Å². The van der Waals surface area contributed by atoms with E-state index in [1.807, 2.05) is 0 Å². The molecule has 2 N–H and O–H groups in total. The van der Waals surface area contributed by atoms with Crippen molar-refractivity contribution in [1.82, 2.24) is 19.7 Å². The maximum Gasteiger partial charge on any atom is 0.451 e. The van der Waals surface area contributed by atoms with E-state index in [1.54, 1.807) is 0 Å². The van der Waals surface area contributed by atoms with Gasteiger partial charge in [-0.2, -0.15) is 26.3 Å². The van der Waals surface area contributed by atoms with Crippen LogP contribution in [0.4, 0.5) is 39.5 Å². The number of carbonyl (C=O) groups excluding carboxylic acids is 1. The smallest absolute Gasteiger partial charge is 0.330 e. The highest BCUT2D eigenvalue weighted by atomic mass is 19.4. The fourth-order valence-corrected chi connectivity index (χ4v) is 3.63. The highest BCUT2D eigenvalue weighted by Gasteiger charge is 2.46. The van der Waals surface area contributed by atoms with Gasteiger partial charge in [-0.05, 0) is 18.1 Å². The van der Waals surface area contributed by atoms with E-state index in [-0.39, 0.29) is 11.6 Å². The zero-order valence-electron chi connectivity index (χ0n) is 16.5. The molecule has 2 aromatic rings. The SMILES string of the molecule is N[C@@H](CC(=O)N1CCn2c(nnc2C(F)(F)F)[C@H]1CC(F)(F)F)Cc1cc(F)c(F)cc1F. The van der Waals surface area contributed by atoms with Crippen molar-refractivity contribution in [2.24, 2.45) is 5.73 Å². The van der Waals surface area contributed by atoms with E-state index < -0.39 is 91.8 Å². The Balaban J connectivity index is 1.81. The summed E-state index contributed by atoms with van der Waals surface area (Å²) in [5, 5.41) is 6.17. The molecule has 1 aliphatic rings. The Hall–Kier alpha value is -2.84. The van der Waals surface area contributed by atoms with E-state index in [9.17, 15) is 44.3 Å². The van der Waals surface area contributed by atoms with Crippen molar-refractivity contribution in [2.75, 3.05) is 6.54 Å². The summed E-state index contributed by atoms with van der Waals surface area (Å²) in [6.07, 6.45) is -12.6. The number of nitrogens with two attached hydrogens (primary N) is 1. The lowest BCUT2D eigenvalue weighted by Crippen LogP contribution is -2.46. The summed E-state index contributed by atoms with van der Waals surface area (Å²) in [5.41, 5.74) is 5.41. The van der Waals surface area contributed by atoms with Gasteiger partial charge in [-0.15, -0.1) is 10.2 Å². The molecule has 6 nitrogen and oxygen atoms in total. The summed E-state index contributed by atoms with van der Waals surface area (Å²) >= 11 is 0. The summed E-state index contributed by atoms with van der Waals surface area (Å²) in [6, 6.07) is -2.26.